The van der Waals surface area contributed by atoms with Gasteiger partial charge in [-0.3, -0.25) is 9.48 Å². The molecule has 2 aromatic heterocycles. The van der Waals surface area contributed by atoms with Gasteiger partial charge in [-0.1, -0.05) is 12.1 Å². The molecule has 0 aliphatic heterocycles. The molecule has 0 unspecified atom stereocenters. The van der Waals surface area contributed by atoms with Crippen LogP contribution in [0.2, 0.25) is 0 Å². The van der Waals surface area contributed by atoms with Crippen molar-refractivity contribution in [1.82, 2.24) is 14.8 Å². The Bertz CT molecular complexity index is 852. The van der Waals surface area contributed by atoms with E-state index in [1.165, 1.54) is 6.20 Å². The number of nitrogen functional groups attached to an aromatic ring is 1. The second kappa shape index (κ2) is 5.92. The summed E-state index contributed by atoms with van der Waals surface area (Å²) >= 11 is 0. The van der Waals surface area contributed by atoms with Crippen molar-refractivity contribution in [3.63, 3.8) is 0 Å². The van der Waals surface area contributed by atoms with Crippen LogP contribution in [-0.2, 0) is 7.05 Å². The minimum atomic E-state index is -0.220. The molecule has 3 rings (SSSR count). The number of rotatable bonds is 3. The minimum Gasteiger partial charge on any atom is -0.384 e. The van der Waals surface area contributed by atoms with E-state index < -0.39 is 0 Å². The first-order chi connectivity index (χ1) is 11.0. The summed E-state index contributed by atoms with van der Waals surface area (Å²) in [4.78, 5) is 16.3. The van der Waals surface area contributed by atoms with Gasteiger partial charge in [0, 0.05) is 30.7 Å². The molecule has 0 atom stereocenters. The van der Waals surface area contributed by atoms with Crippen LogP contribution in [0.4, 0.5) is 11.5 Å². The van der Waals surface area contributed by atoms with Gasteiger partial charge in [-0.05, 0) is 36.8 Å². The molecule has 0 aliphatic carbocycles. The van der Waals surface area contributed by atoms with E-state index in [0.717, 1.165) is 22.5 Å². The van der Waals surface area contributed by atoms with E-state index in [-0.39, 0.29) is 5.91 Å². The van der Waals surface area contributed by atoms with Gasteiger partial charge in [-0.25, -0.2) is 4.98 Å². The molecule has 23 heavy (non-hydrogen) atoms. The topological polar surface area (TPSA) is 85.8 Å². The normalized spacial score (nSPS) is 10.5. The van der Waals surface area contributed by atoms with E-state index in [2.05, 4.69) is 15.4 Å². The smallest absolute Gasteiger partial charge is 0.257 e. The zero-order valence-electron chi connectivity index (χ0n) is 12.9. The van der Waals surface area contributed by atoms with E-state index in [4.69, 9.17) is 5.73 Å². The number of aromatic nitrogens is 3. The summed E-state index contributed by atoms with van der Waals surface area (Å²) < 4.78 is 1.79. The molecule has 1 amide bonds. The van der Waals surface area contributed by atoms with E-state index in [1.54, 1.807) is 23.0 Å². The predicted octanol–water partition coefficient (Wildman–Crippen LogP) is 2.63. The number of nitrogens with zero attached hydrogens (tertiary/aromatic N) is 3. The molecule has 0 saturated heterocycles. The first-order valence-corrected chi connectivity index (χ1v) is 7.16. The van der Waals surface area contributed by atoms with Crippen LogP contribution in [0.15, 0.2) is 48.8 Å². The minimum absolute atomic E-state index is 0.220. The fourth-order valence-electron chi connectivity index (χ4n) is 2.31. The zero-order valence-corrected chi connectivity index (χ0v) is 12.9. The van der Waals surface area contributed by atoms with Crippen LogP contribution in [0.25, 0.3) is 11.3 Å². The lowest BCUT2D eigenvalue weighted by molar-refractivity contribution is 0.102. The number of aryl methyl sites for hydroxylation is 2. The maximum atomic E-state index is 12.3. The lowest BCUT2D eigenvalue weighted by Crippen LogP contribution is -2.13. The molecule has 0 saturated carbocycles. The number of carbonyl (C=O) groups excluding carboxylic acids is 1. The molecule has 3 aromatic rings. The Kier molecular flexibility index (Phi) is 3.80. The number of pyridine rings is 1. The van der Waals surface area contributed by atoms with E-state index in [9.17, 15) is 4.79 Å². The summed E-state index contributed by atoms with van der Waals surface area (Å²) in [6.45, 7) is 1.95. The number of amides is 1. The van der Waals surface area contributed by atoms with Crippen molar-refractivity contribution in [2.75, 3.05) is 11.1 Å². The highest BCUT2D eigenvalue weighted by Gasteiger charge is 2.10. The molecule has 1 aromatic carbocycles. The monoisotopic (exact) mass is 307 g/mol. The highest BCUT2D eigenvalue weighted by molar-refractivity contribution is 6.04. The second-order valence-electron chi connectivity index (χ2n) is 5.30. The number of benzene rings is 1. The van der Waals surface area contributed by atoms with Gasteiger partial charge in [0.25, 0.3) is 5.91 Å². The van der Waals surface area contributed by atoms with Crippen LogP contribution in [-0.4, -0.2) is 20.7 Å². The quantitative estimate of drug-likeness (QED) is 0.779. The number of hydrogen-bond acceptors (Lipinski definition) is 4. The van der Waals surface area contributed by atoms with Crippen LogP contribution >= 0.6 is 0 Å². The molecule has 0 radical (unpaired) electrons. The van der Waals surface area contributed by atoms with Crippen LogP contribution in [0.3, 0.4) is 0 Å². The van der Waals surface area contributed by atoms with Gasteiger partial charge in [-0.2, -0.15) is 5.10 Å². The highest BCUT2D eigenvalue weighted by Crippen LogP contribution is 2.25. The van der Waals surface area contributed by atoms with Crippen LogP contribution in [0.5, 0.6) is 0 Å². The number of hydrogen-bond donors (Lipinski definition) is 2. The van der Waals surface area contributed by atoms with Crippen molar-refractivity contribution >= 4 is 17.4 Å². The average Bonchev–Trinajstić information content (AvgIpc) is 2.96. The average molecular weight is 307 g/mol. The van der Waals surface area contributed by atoms with Gasteiger partial charge in [0.2, 0.25) is 0 Å². The lowest BCUT2D eigenvalue weighted by Gasteiger charge is -2.11. The van der Waals surface area contributed by atoms with Crippen LogP contribution < -0.4 is 11.1 Å². The van der Waals surface area contributed by atoms with E-state index in [0.29, 0.717) is 11.4 Å². The first kappa shape index (κ1) is 14.8. The van der Waals surface area contributed by atoms with Crippen molar-refractivity contribution in [1.29, 1.82) is 0 Å². The molecule has 0 spiro atoms. The Morgan fingerprint density at radius 1 is 1.22 bits per heavy atom. The standard InChI is InChI=1S/C17H17N5O/c1-11-3-4-12(15-7-8-20-22(15)2)9-14(11)21-17(23)13-5-6-16(18)19-10-13/h3-10H,1-2H3,(H2,18,19)(H,21,23). The molecule has 6 nitrogen and oxygen atoms in total. The third kappa shape index (κ3) is 3.06. The molecular formula is C17H17N5O. The summed E-state index contributed by atoms with van der Waals surface area (Å²) in [5, 5.41) is 7.09. The van der Waals surface area contributed by atoms with Gasteiger partial charge in [0.1, 0.15) is 5.82 Å². The molecule has 3 N–H and O–H groups in total. The van der Waals surface area contributed by atoms with Crippen molar-refractivity contribution in [3.05, 3.63) is 59.9 Å². The maximum absolute atomic E-state index is 12.3. The van der Waals surface area contributed by atoms with Crippen molar-refractivity contribution in [3.8, 4) is 11.3 Å². The number of carbonyl (C=O) groups is 1. The van der Waals surface area contributed by atoms with Crippen molar-refractivity contribution in [2.24, 2.45) is 7.05 Å². The Labute approximate surface area is 134 Å². The number of nitrogens with one attached hydrogen (secondary N) is 1. The lowest BCUT2D eigenvalue weighted by atomic mass is 10.1. The maximum Gasteiger partial charge on any atom is 0.257 e. The molecular weight excluding hydrogens is 290 g/mol. The Hall–Kier alpha value is -3.15. The largest absolute Gasteiger partial charge is 0.384 e. The van der Waals surface area contributed by atoms with E-state index in [1.807, 2.05) is 38.2 Å². The summed E-state index contributed by atoms with van der Waals surface area (Å²) in [5.74, 6) is 0.165. The molecule has 116 valence electrons. The fourth-order valence-corrected chi connectivity index (χ4v) is 2.31. The first-order valence-electron chi connectivity index (χ1n) is 7.16. The highest BCUT2D eigenvalue weighted by atomic mass is 16.1. The summed E-state index contributed by atoms with van der Waals surface area (Å²) in [7, 11) is 1.88. The summed E-state index contributed by atoms with van der Waals surface area (Å²) in [5.41, 5.74) is 9.71. The Morgan fingerprint density at radius 3 is 2.70 bits per heavy atom. The van der Waals surface area contributed by atoms with Crippen molar-refractivity contribution in [2.45, 2.75) is 6.92 Å². The molecule has 6 heteroatoms. The third-order valence-corrected chi connectivity index (χ3v) is 3.65. The summed E-state index contributed by atoms with van der Waals surface area (Å²) in [6.07, 6.45) is 3.21. The number of anilines is 2. The van der Waals surface area contributed by atoms with Crippen LogP contribution in [0.1, 0.15) is 15.9 Å². The van der Waals surface area contributed by atoms with Gasteiger partial charge < -0.3 is 11.1 Å². The SMILES string of the molecule is Cc1ccc(-c2ccnn2C)cc1NC(=O)c1ccc(N)nc1. The van der Waals surface area contributed by atoms with Crippen LogP contribution in [0, 0.1) is 6.92 Å². The predicted molar refractivity (Wildman–Crippen MR) is 90.0 cm³/mol. The zero-order chi connectivity index (χ0) is 16.4. The molecule has 0 aliphatic rings. The third-order valence-electron chi connectivity index (χ3n) is 3.65. The molecule has 2 heterocycles. The van der Waals surface area contributed by atoms with Gasteiger partial charge in [0.05, 0.1) is 11.3 Å². The molecule has 0 bridgehead atoms. The van der Waals surface area contributed by atoms with Crippen molar-refractivity contribution < 1.29 is 4.79 Å². The molecule has 0 fully saturated rings. The Morgan fingerprint density at radius 2 is 2.04 bits per heavy atom. The fraction of sp³-hybridized carbons (Fsp3) is 0.118. The number of nitrogens with two attached hydrogens (primary N) is 1. The van der Waals surface area contributed by atoms with Gasteiger partial charge in [-0.15, -0.1) is 0 Å². The second-order valence-corrected chi connectivity index (χ2v) is 5.30. The van der Waals surface area contributed by atoms with Gasteiger partial charge >= 0.3 is 0 Å². The summed E-state index contributed by atoms with van der Waals surface area (Å²) in [6, 6.07) is 11.1. The Balaban J connectivity index is 1.89. The van der Waals surface area contributed by atoms with Gasteiger partial charge in [0.15, 0.2) is 0 Å². The van der Waals surface area contributed by atoms with E-state index >= 15 is 0 Å².